The summed E-state index contributed by atoms with van der Waals surface area (Å²) in [4.78, 5) is 56.6. The number of fused-ring (bicyclic) bond motifs is 2. The molecule has 3 atom stereocenters. The first-order valence-corrected chi connectivity index (χ1v) is 25.3. The van der Waals surface area contributed by atoms with Crippen LogP contribution in [-0.4, -0.2) is 108 Å². The van der Waals surface area contributed by atoms with Crippen molar-refractivity contribution in [2.24, 2.45) is 18.7 Å². The molecule has 0 spiro atoms. The molecule has 1 saturated carbocycles. The van der Waals surface area contributed by atoms with E-state index >= 15 is 17.6 Å². The highest BCUT2D eigenvalue weighted by molar-refractivity contribution is 6.34. The van der Waals surface area contributed by atoms with Gasteiger partial charge in [-0.1, -0.05) is 48.9 Å². The number of carbonyl (C=O) groups excluding carboxylic acids is 4. The van der Waals surface area contributed by atoms with Crippen LogP contribution < -0.4 is 30.7 Å². The first-order valence-electron chi connectivity index (χ1n) is 24.9. The number of imide groups is 1. The van der Waals surface area contributed by atoms with Crippen LogP contribution in [0.1, 0.15) is 97.2 Å². The minimum absolute atomic E-state index is 0.00162. The Labute approximate surface area is 423 Å². The first-order chi connectivity index (χ1) is 35.1. The van der Waals surface area contributed by atoms with Crippen LogP contribution in [0.2, 0.25) is 5.02 Å². The summed E-state index contributed by atoms with van der Waals surface area (Å²) >= 11 is 6.69. The number of nitrogens with zero attached hydrogens (tertiary/aromatic N) is 5. The number of hydrogen-bond donors (Lipinski definition) is 3. The number of hydrogen-bond acceptors (Lipinski definition) is 9. The zero-order chi connectivity index (χ0) is 51.5. The fraction of sp³-hybridized carbons (Fsp3) is 0.453. The number of ether oxygens (including phenoxy) is 2. The van der Waals surface area contributed by atoms with Gasteiger partial charge in [0, 0.05) is 91.9 Å². The van der Waals surface area contributed by atoms with Crippen molar-refractivity contribution in [1.82, 2.24) is 30.2 Å². The average Bonchev–Trinajstić information content (AvgIpc) is 4.08. The Morgan fingerprint density at radius 2 is 1.66 bits per heavy atom. The number of alkyl halides is 1. The maximum Gasteiger partial charge on any atom is 0.329 e. The zero-order valence-corrected chi connectivity index (χ0v) is 41.2. The van der Waals surface area contributed by atoms with E-state index in [1.165, 1.54) is 27.8 Å². The molecule has 14 nitrogen and oxygen atoms in total. The van der Waals surface area contributed by atoms with Crippen molar-refractivity contribution < 1.29 is 50.6 Å². The number of halogens is 6. The Morgan fingerprint density at radius 1 is 0.918 bits per heavy atom. The second-order valence-electron chi connectivity index (χ2n) is 19.9. The van der Waals surface area contributed by atoms with Crippen LogP contribution in [0.3, 0.4) is 0 Å². The van der Waals surface area contributed by atoms with Gasteiger partial charge in [0.05, 0.1) is 16.0 Å². The van der Waals surface area contributed by atoms with Crippen molar-refractivity contribution in [1.29, 1.82) is 0 Å². The molecule has 10 rings (SSSR count). The number of urea groups is 1. The minimum Gasteiger partial charge on any atom is -0.488 e. The molecule has 386 valence electrons. The Kier molecular flexibility index (Phi) is 13.9. The first kappa shape index (κ1) is 50.2. The quantitative estimate of drug-likeness (QED) is 0.0984. The number of aryl methyl sites for hydroxylation is 1. The van der Waals surface area contributed by atoms with Crippen LogP contribution in [-0.2, 0) is 22.2 Å². The highest BCUT2D eigenvalue weighted by Gasteiger charge is 2.50. The summed E-state index contributed by atoms with van der Waals surface area (Å²) in [5, 5.41) is 9.99. The molecule has 4 aliphatic heterocycles. The third-order valence-corrected chi connectivity index (χ3v) is 16.2. The van der Waals surface area contributed by atoms with E-state index < -0.39 is 70.9 Å². The highest BCUT2D eigenvalue weighted by Crippen LogP contribution is 2.57. The van der Waals surface area contributed by atoms with E-state index in [0.29, 0.717) is 70.3 Å². The lowest BCUT2D eigenvalue weighted by atomic mass is 9.77. The van der Waals surface area contributed by atoms with Crippen LogP contribution >= 0.6 is 11.6 Å². The molecule has 4 aromatic carbocycles. The van der Waals surface area contributed by atoms with Crippen molar-refractivity contribution in [3.8, 4) is 22.6 Å². The van der Waals surface area contributed by atoms with Crippen molar-refractivity contribution in [3.05, 3.63) is 105 Å². The van der Waals surface area contributed by atoms with Gasteiger partial charge in [0.1, 0.15) is 36.2 Å². The van der Waals surface area contributed by atoms with Crippen LogP contribution in [0.5, 0.6) is 11.5 Å². The fourth-order valence-electron chi connectivity index (χ4n) is 12.1. The molecule has 20 heteroatoms. The third kappa shape index (κ3) is 9.04. The van der Waals surface area contributed by atoms with E-state index in [-0.39, 0.29) is 99.8 Å². The summed E-state index contributed by atoms with van der Waals surface area (Å²) in [5.74, 6) is -5.96. The lowest BCUT2D eigenvalue weighted by molar-refractivity contribution is -0.135. The zero-order valence-electron chi connectivity index (χ0n) is 40.4. The molecule has 1 aromatic heterocycles. The second kappa shape index (κ2) is 20.2. The number of piperidine rings is 1. The van der Waals surface area contributed by atoms with Gasteiger partial charge in [-0.3, -0.25) is 34.2 Å². The van der Waals surface area contributed by atoms with E-state index in [1.54, 1.807) is 7.05 Å². The molecule has 0 radical (unpaired) electrons. The maximum absolute atomic E-state index is 16.4. The summed E-state index contributed by atoms with van der Waals surface area (Å²) in [6, 6.07) is 13.6. The largest absolute Gasteiger partial charge is 0.488 e. The van der Waals surface area contributed by atoms with Gasteiger partial charge in [-0.2, -0.15) is 5.10 Å². The maximum atomic E-state index is 16.4. The molecule has 0 unspecified atom stereocenters. The highest BCUT2D eigenvalue weighted by atomic mass is 35.5. The molecule has 73 heavy (non-hydrogen) atoms. The molecule has 4 N–H and O–H groups in total. The molecule has 5 heterocycles. The van der Waals surface area contributed by atoms with Crippen molar-refractivity contribution in [2.75, 3.05) is 57.4 Å². The number of nitrogens with two attached hydrogens (primary N) is 1. The number of aromatic nitrogens is 2. The van der Waals surface area contributed by atoms with Crippen molar-refractivity contribution in [3.63, 3.8) is 0 Å². The summed E-state index contributed by atoms with van der Waals surface area (Å²) in [7, 11) is 1.54. The Hall–Kier alpha value is -6.31. The number of rotatable bonds is 13. The molecular formula is C53H56ClF5N8O6. The number of nitrogens with one attached hydrogen (secondary N) is 2. The lowest BCUT2D eigenvalue weighted by Crippen LogP contribution is -2.49. The van der Waals surface area contributed by atoms with Crippen molar-refractivity contribution in [2.45, 2.75) is 87.8 Å². The predicted molar refractivity (Wildman–Crippen MR) is 262 cm³/mol. The third-order valence-electron chi connectivity index (χ3n) is 15.9. The molecule has 5 aromatic rings. The van der Waals surface area contributed by atoms with Gasteiger partial charge in [-0.05, 0) is 87.7 Å². The van der Waals surface area contributed by atoms with Gasteiger partial charge in [-0.25, -0.2) is 26.7 Å². The Balaban J connectivity index is 0.777. The average molecular weight is 1030 g/mol. The van der Waals surface area contributed by atoms with Crippen LogP contribution in [0.15, 0.2) is 54.6 Å². The van der Waals surface area contributed by atoms with Gasteiger partial charge >= 0.3 is 6.03 Å². The normalized spacial score (nSPS) is 23.7. The lowest BCUT2D eigenvalue weighted by Gasteiger charge is -2.38. The second-order valence-corrected chi connectivity index (χ2v) is 20.3. The topological polar surface area (TPSA) is 164 Å². The van der Waals surface area contributed by atoms with Gasteiger partial charge in [0.15, 0.2) is 28.8 Å². The molecule has 5 amide bonds. The number of primary amides is 1. The summed E-state index contributed by atoms with van der Waals surface area (Å²) in [6.45, 7) is 3.22. The summed E-state index contributed by atoms with van der Waals surface area (Å²) in [5.41, 5.74) is 5.03. The molecular weight excluding hydrogens is 975 g/mol. The number of anilines is 1. The van der Waals surface area contributed by atoms with Gasteiger partial charge in [0.25, 0.3) is 0 Å². The van der Waals surface area contributed by atoms with Gasteiger partial charge < -0.3 is 25.4 Å². The fourth-order valence-corrected chi connectivity index (χ4v) is 12.3. The standard InChI is InChI=1S/C53H56ClF5N8O6/c1-28-41-39(25-37(57)45(54)44(41)43-34(49(60)69)12-13-38(46(43)58)72-23-18-55)73-53(28,31-6-4-3-5-7-31)27-61-32-10-8-30(9-11-32)51(70)66-21-16-33(26-66)65-19-14-29(15-20-65)42-36(56)24-35-48(47(42)59)64(2)63-50(35)67-22-17-40(68)62-52(67)71/h3-7,12-13,24-25,28-30,32-33,61H,8-11,14-23,26-27H2,1-2H3,(H2,60,69)(H,62,68,71)/t28-,30?,32?,33-,53-/m0/s1. The van der Waals surface area contributed by atoms with E-state index in [9.17, 15) is 23.6 Å². The summed E-state index contributed by atoms with van der Waals surface area (Å²) in [6.07, 6.45) is 4.60. The smallest absolute Gasteiger partial charge is 0.329 e. The molecule has 3 saturated heterocycles. The molecule has 1 aliphatic carbocycles. The number of benzene rings is 4. The number of amides is 5. The summed E-state index contributed by atoms with van der Waals surface area (Å²) < 4.78 is 91.0. The van der Waals surface area contributed by atoms with Gasteiger partial charge in [-0.15, -0.1) is 0 Å². The predicted octanol–water partition coefficient (Wildman–Crippen LogP) is 8.36. The molecule has 0 bridgehead atoms. The van der Waals surface area contributed by atoms with E-state index in [2.05, 4.69) is 20.6 Å². The monoisotopic (exact) mass is 1030 g/mol. The minimum atomic E-state index is -1.16. The molecule has 4 fully saturated rings. The van der Waals surface area contributed by atoms with E-state index in [0.717, 1.165) is 18.1 Å². The SMILES string of the molecule is C[C@H]1c2c(cc(F)c(Cl)c2-c2c(C(N)=O)ccc(OCCF)c2F)O[C@]1(CNC1CCC(C(=O)N2CC[C@H](N3CCC(c4c(F)cc5c(N6CCC(=O)NC6=O)nn(C)c5c4F)CC3)C2)CC1)c1ccccc1. The Morgan fingerprint density at radius 3 is 2.36 bits per heavy atom. The molecule has 5 aliphatic rings. The van der Waals surface area contributed by atoms with Crippen molar-refractivity contribution >= 4 is 52.1 Å². The van der Waals surface area contributed by atoms with Crippen LogP contribution in [0.25, 0.3) is 22.0 Å². The van der Waals surface area contributed by atoms with Crippen LogP contribution in [0, 0.1) is 29.2 Å². The van der Waals surface area contributed by atoms with Crippen LogP contribution in [0.4, 0.5) is 32.6 Å². The van der Waals surface area contributed by atoms with Gasteiger partial charge in [0.2, 0.25) is 17.7 Å². The Bertz CT molecular complexity index is 3000. The number of carbonyl (C=O) groups is 4. The number of likely N-dealkylation sites (tertiary alicyclic amines) is 2. The van der Waals surface area contributed by atoms with E-state index in [4.69, 9.17) is 26.8 Å². The van der Waals surface area contributed by atoms with E-state index in [1.807, 2.05) is 42.2 Å².